The summed E-state index contributed by atoms with van der Waals surface area (Å²) in [6, 6.07) is 4.87. The van der Waals surface area contributed by atoms with Gasteiger partial charge in [-0.2, -0.15) is 0 Å². The Morgan fingerprint density at radius 3 is 2.33 bits per heavy atom. The van der Waals surface area contributed by atoms with Gasteiger partial charge in [0.1, 0.15) is 11.6 Å². The van der Waals surface area contributed by atoms with E-state index in [1.807, 2.05) is 19.1 Å². The van der Waals surface area contributed by atoms with Gasteiger partial charge in [0.15, 0.2) is 0 Å². The van der Waals surface area contributed by atoms with Crippen molar-refractivity contribution in [3.05, 3.63) is 41.7 Å². The number of ether oxygens (including phenoxy) is 1. The molecule has 4 unspecified atom stereocenters. The third-order valence-electron chi connectivity index (χ3n) is 9.17. The number of benzene rings is 1. The lowest BCUT2D eigenvalue weighted by Crippen LogP contribution is -2.35. The number of esters is 1. The fraction of sp³-hybridized carbons (Fsp3) is 0.700. The molecule has 0 aromatic heterocycles. The minimum atomic E-state index is -0.280. The lowest BCUT2D eigenvalue weighted by molar-refractivity contribution is -0.140. The highest BCUT2D eigenvalue weighted by molar-refractivity contribution is 5.75. The van der Waals surface area contributed by atoms with Gasteiger partial charge in [-0.25, -0.2) is 4.39 Å². The molecule has 1 aromatic rings. The molecule has 0 N–H and O–H groups in total. The van der Waals surface area contributed by atoms with Crippen molar-refractivity contribution in [2.24, 2.45) is 35.5 Å². The molecule has 3 fully saturated rings. The van der Waals surface area contributed by atoms with Crippen LogP contribution < -0.4 is 4.74 Å². The number of carbonyl (C=O) groups excluding carboxylic acids is 1. The Labute approximate surface area is 200 Å². The van der Waals surface area contributed by atoms with E-state index in [-0.39, 0.29) is 17.7 Å². The Morgan fingerprint density at radius 2 is 1.64 bits per heavy atom. The fourth-order valence-electron chi connectivity index (χ4n) is 7.05. The molecule has 0 spiro atoms. The van der Waals surface area contributed by atoms with Crippen LogP contribution in [0.4, 0.5) is 4.39 Å². The lowest BCUT2D eigenvalue weighted by atomic mass is 9.61. The van der Waals surface area contributed by atoms with Crippen LogP contribution in [-0.4, -0.2) is 5.97 Å². The summed E-state index contributed by atoms with van der Waals surface area (Å²) in [4.78, 5) is 12.8. The largest absolute Gasteiger partial charge is 0.426 e. The van der Waals surface area contributed by atoms with Gasteiger partial charge in [0.05, 0.1) is 5.92 Å². The molecule has 4 atom stereocenters. The molecular weight excluding hydrogens is 411 g/mol. The van der Waals surface area contributed by atoms with E-state index in [4.69, 9.17) is 4.74 Å². The molecule has 0 bridgehead atoms. The summed E-state index contributed by atoms with van der Waals surface area (Å²) in [6.07, 6.45) is 19.6. The molecule has 182 valence electrons. The molecule has 3 aliphatic carbocycles. The third kappa shape index (κ3) is 6.28. The van der Waals surface area contributed by atoms with Crippen molar-refractivity contribution in [1.29, 1.82) is 0 Å². The first kappa shape index (κ1) is 24.5. The number of halogens is 1. The first-order valence-electron chi connectivity index (χ1n) is 13.7. The van der Waals surface area contributed by atoms with Gasteiger partial charge in [-0.05, 0) is 119 Å². The SMILES string of the molecule is C/C=C/CCc1ccc(OC(=O)C2CCC(C3CCC4CC(CC)CCC4C3)CC2)cc1F. The van der Waals surface area contributed by atoms with E-state index in [1.54, 1.807) is 12.1 Å². The number of hydrogen-bond acceptors (Lipinski definition) is 2. The van der Waals surface area contributed by atoms with Crippen LogP contribution in [0, 0.1) is 41.3 Å². The highest BCUT2D eigenvalue weighted by Gasteiger charge is 2.39. The highest BCUT2D eigenvalue weighted by Crippen LogP contribution is 2.49. The zero-order valence-corrected chi connectivity index (χ0v) is 20.7. The average Bonchev–Trinajstić information content (AvgIpc) is 2.85. The predicted octanol–water partition coefficient (Wildman–Crippen LogP) is 8.29. The van der Waals surface area contributed by atoms with Gasteiger partial charge in [0.2, 0.25) is 0 Å². The average molecular weight is 455 g/mol. The molecule has 2 nitrogen and oxygen atoms in total. The number of carbonyl (C=O) groups is 1. The Morgan fingerprint density at radius 1 is 0.970 bits per heavy atom. The topological polar surface area (TPSA) is 26.3 Å². The Kier molecular flexibility index (Phi) is 8.66. The van der Waals surface area contributed by atoms with Gasteiger partial charge < -0.3 is 4.74 Å². The van der Waals surface area contributed by atoms with Crippen LogP contribution in [-0.2, 0) is 11.2 Å². The summed E-state index contributed by atoms with van der Waals surface area (Å²) in [7, 11) is 0. The lowest BCUT2D eigenvalue weighted by Gasteiger charge is -2.45. The van der Waals surface area contributed by atoms with Gasteiger partial charge >= 0.3 is 5.97 Å². The molecule has 3 aliphatic rings. The molecule has 4 rings (SSSR count). The highest BCUT2D eigenvalue weighted by atomic mass is 19.1. The molecular formula is C30H43FO2. The molecule has 1 aromatic carbocycles. The second kappa shape index (κ2) is 11.7. The second-order valence-corrected chi connectivity index (χ2v) is 11.1. The minimum Gasteiger partial charge on any atom is -0.426 e. The summed E-state index contributed by atoms with van der Waals surface area (Å²) < 4.78 is 20.0. The number of rotatable bonds is 7. The van der Waals surface area contributed by atoms with Crippen LogP contribution >= 0.6 is 0 Å². The Bertz CT molecular complexity index is 808. The van der Waals surface area contributed by atoms with E-state index < -0.39 is 0 Å². The maximum Gasteiger partial charge on any atom is 0.314 e. The van der Waals surface area contributed by atoms with E-state index in [0.29, 0.717) is 17.7 Å². The van der Waals surface area contributed by atoms with E-state index >= 15 is 0 Å². The van der Waals surface area contributed by atoms with E-state index in [0.717, 1.165) is 61.7 Å². The zero-order chi connectivity index (χ0) is 23.2. The second-order valence-electron chi connectivity index (χ2n) is 11.1. The van der Waals surface area contributed by atoms with Crippen LogP contribution in [0.5, 0.6) is 5.75 Å². The summed E-state index contributed by atoms with van der Waals surface area (Å²) in [6.45, 7) is 4.33. The first-order chi connectivity index (χ1) is 16.1. The molecule has 0 aliphatic heterocycles. The normalized spacial score (nSPS) is 32.5. The molecule has 0 saturated heterocycles. The fourth-order valence-corrected chi connectivity index (χ4v) is 7.05. The summed E-state index contributed by atoms with van der Waals surface area (Å²) >= 11 is 0. The maximum absolute atomic E-state index is 14.4. The Hall–Kier alpha value is -1.64. The van der Waals surface area contributed by atoms with Crippen molar-refractivity contribution < 1.29 is 13.9 Å². The quantitative estimate of drug-likeness (QED) is 0.235. The van der Waals surface area contributed by atoms with Crippen LogP contribution in [0.3, 0.4) is 0 Å². The predicted molar refractivity (Wildman–Crippen MR) is 133 cm³/mol. The monoisotopic (exact) mass is 454 g/mol. The number of aryl methyl sites for hydroxylation is 1. The van der Waals surface area contributed by atoms with Crippen molar-refractivity contribution in [1.82, 2.24) is 0 Å². The minimum absolute atomic E-state index is 0.0324. The molecule has 3 heteroatoms. The molecule has 33 heavy (non-hydrogen) atoms. The maximum atomic E-state index is 14.4. The van der Waals surface area contributed by atoms with Gasteiger partial charge in [-0.1, -0.05) is 38.0 Å². The number of hydrogen-bond donors (Lipinski definition) is 0. The summed E-state index contributed by atoms with van der Waals surface area (Å²) in [5, 5.41) is 0. The van der Waals surface area contributed by atoms with Crippen molar-refractivity contribution in [2.75, 3.05) is 0 Å². The van der Waals surface area contributed by atoms with Gasteiger partial charge in [0, 0.05) is 6.07 Å². The molecule has 0 amide bonds. The molecule has 3 saturated carbocycles. The van der Waals surface area contributed by atoms with Gasteiger partial charge in [-0.3, -0.25) is 4.79 Å². The van der Waals surface area contributed by atoms with Crippen molar-refractivity contribution in [3.8, 4) is 5.75 Å². The van der Waals surface area contributed by atoms with Gasteiger partial charge in [-0.15, -0.1) is 0 Å². The zero-order valence-electron chi connectivity index (χ0n) is 20.7. The van der Waals surface area contributed by atoms with Crippen molar-refractivity contribution >= 4 is 5.97 Å². The summed E-state index contributed by atoms with van der Waals surface area (Å²) in [5.74, 6) is 4.44. The van der Waals surface area contributed by atoms with Crippen molar-refractivity contribution in [3.63, 3.8) is 0 Å². The summed E-state index contributed by atoms with van der Waals surface area (Å²) in [5.41, 5.74) is 0.673. The standard InChI is InChI=1S/C30H43FO2/c1-3-5-6-7-23-16-17-28(20-29(23)31)33-30(32)24-12-10-22(11-13-24)26-15-14-25-18-21(4-2)8-9-27(25)19-26/h3,5,16-17,20-22,24-27H,4,6-15,18-19H2,1-2H3/b5-3+. The third-order valence-corrected chi connectivity index (χ3v) is 9.17. The van der Waals surface area contributed by atoms with Crippen molar-refractivity contribution in [2.45, 2.75) is 97.3 Å². The van der Waals surface area contributed by atoms with Crippen LogP contribution in [0.15, 0.2) is 30.4 Å². The van der Waals surface area contributed by atoms with E-state index in [2.05, 4.69) is 6.92 Å². The van der Waals surface area contributed by atoms with Crippen LogP contribution in [0.25, 0.3) is 0 Å². The van der Waals surface area contributed by atoms with Gasteiger partial charge in [0.25, 0.3) is 0 Å². The smallest absolute Gasteiger partial charge is 0.314 e. The number of allylic oxidation sites excluding steroid dienone is 2. The molecule has 0 heterocycles. The van der Waals surface area contributed by atoms with E-state index in [9.17, 15) is 9.18 Å². The first-order valence-corrected chi connectivity index (χ1v) is 13.7. The Balaban J connectivity index is 1.23. The number of fused-ring (bicyclic) bond motifs is 1. The molecule has 0 radical (unpaired) electrons. The van der Waals surface area contributed by atoms with E-state index in [1.165, 1.54) is 51.0 Å². The van der Waals surface area contributed by atoms with Crippen LogP contribution in [0.1, 0.15) is 96.5 Å². The van der Waals surface area contributed by atoms with Crippen LogP contribution in [0.2, 0.25) is 0 Å².